The number of aliphatic hydroxyl groups excluding tert-OH is 5. The molecule has 41 heavy (non-hydrogen) atoms. The Kier molecular flexibility index (Phi) is 26.5. The number of nitrogens with zero attached hydrogens (tertiary/aromatic N) is 3. The Morgan fingerprint density at radius 2 is 0.878 bits per heavy atom. The van der Waals surface area contributed by atoms with Gasteiger partial charge in [0, 0.05) is 65.4 Å². The Bertz CT molecular complexity index is 729. The molecule has 0 heterocycles. The summed E-state index contributed by atoms with van der Waals surface area (Å²) >= 11 is 0. The first-order chi connectivity index (χ1) is 18.5. The third-order valence-electron chi connectivity index (χ3n) is 4.97. The van der Waals surface area contributed by atoms with Gasteiger partial charge in [0.1, 0.15) is 18.3 Å². The van der Waals surface area contributed by atoms with Crippen LogP contribution in [-0.4, -0.2) is 174 Å². The second kappa shape index (κ2) is 24.9. The van der Waals surface area contributed by atoms with Crippen LogP contribution in [0.4, 0.5) is 0 Å². The Hall–Kier alpha value is -1.69. The van der Waals surface area contributed by atoms with E-state index in [-0.39, 0.29) is 74.1 Å². The zero-order chi connectivity index (χ0) is 31.4. The number of hydrogen-bond acceptors (Lipinski definition) is 19. The molecule has 19 nitrogen and oxygen atoms in total. The Morgan fingerprint density at radius 1 is 0.610 bits per heavy atom. The number of rotatable bonds is 22. The normalized spacial score (nSPS) is 13.9. The monoisotopic (exact) mass is 742 g/mol. The smallest absolute Gasteiger partial charge is 0.549 e. The first kappa shape index (κ1) is 43.8. The van der Waals surface area contributed by atoms with Crippen molar-refractivity contribution in [3.8, 4) is 0 Å². The van der Waals surface area contributed by atoms with Crippen LogP contribution in [0.15, 0.2) is 0 Å². The molecule has 0 spiro atoms. The molecule has 0 bridgehead atoms. The van der Waals surface area contributed by atoms with E-state index in [4.69, 9.17) is 20.4 Å². The van der Waals surface area contributed by atoms with E-state index >= 15 is 0 Å². The number of aliphatic hydroxyl groups is 5. The van der Waals surface area contributed by atoms with E-state index in [1.165, 1.54) is 4.90 Å². The molecule has 0 aliphatic carbocycles. The molecule has 0 aromatic heterocycles. The summed E-state index contributed by atoms with van der Waals surface area (Å²) in [6.07, 6.45) is -5.65. The van der Waals surface area contributed by atoms with Gasteiger partial charge in [0.2, 0.25) is 0 Å². The molecule has 0 fully saturated rings. The van der Waals surface area contributed by atoms with Crippen molar-refractivity contribution in [3.05, 3.63) is 0 Å². The molecule has 0 saturated heterocycles. The summed E-state index contributed by atoms with van der Waals surface area (Å²) in [6, 6.07) is 0. The van der Waals surface area contributed by atoms with Gasteiger partial charge in [-0.15, -0.1) is 0 Å². The molecular weight excluding hydrogens is 705 g/mol. The first-order valence-electron chi connectivity index (χ1n) is 11.7. The third kappa shape index (κ3) is 24.6. The van der Waals surface area contributed by atoms with Crippen LogP contribution >= 0.6 is 0 Å². The van der Waals surface area contributed by atoms with Crippen LogP contribution in [0.2, 0.25) is 0 Å². The summed E-state index contributed by atoms with van der Waals surface area (Å²) in [5, 5.41) is 101. The molecule has 0 aromatic rings. The van der Waals surface area contributed by atoms with Crippen LogP contribution in [0.5, 0.6) is 0 Å². The summed E-state index contributed by atoms with van der Waals surface area (Å²) in [6.45, 7) is -4.73. The maximum atomic E-state index is 10.8. The minimum Gasteiger partial charge on any atom is -0.549 e. The van der Waals surface area contributed by atoms with Gasteiger partial charge in [0.15, 0.2) is 0 Å². The number of likely N-dealkylation sites (N-methyl/N-ethyl adjacent to an activating group) is 1. The van der Waals surface area contributed by atoms with E-state index in [0.717, 1.165) is 9.80 Å². The Balaban J connectivity index is -0.000000408. The minimum atomic E-state index is -1.55. The van der Waals surface area contributed by atoms with Gasteiger partial charge >= 0.3 is 41.4 Å². The Labute approximate surface area is 268 Å². The molecule has 239 valence electrons. The molecule has 0 unspecified atom stereocenters. The molecule has 0 amide bonds. The molecule has 0 aliphatic heterocycles. The topological polar surface area (TPSA) is 324 Å². The van der Waals surface area contributed by atoms with E-state index in [0.29, 0.717) is 0 Å². The van der Waals surface area contributed by atoms with Gasteiger partial charge in [-0.2, -0.15) is 0 Å². The fourth-order valence-corrected chi connectivity index (χ4v) is 3.07. The van der Waals surface area contributed by atoms with Gasteiger partial charge in [-0.1, -0.05) is 0 Å². The van der Waals surface area contributed by atoms with Gasteiger partial charge < -0.3 is 80.4 Å². The van der Waals surface area contributed by atoms with E-state index in [9.17, 15) is 54.6 Å². The van der Waals surface area contributed by atoms with E-state index in [1.807, 2.05) is 0 Å². The van der Waals surface area contributed by atoms with E-state index in [2.05, 4.69) is 5.32 Å². The second-order valence-electron chi connectivity index (χ2n) is 8.41. The molecule has 0 aliphatic rings. The van der Waals surface area contributed by atoms with Crippen molar-refractivity contribution < 1.29 is 116 Å². The SMILES string of the molecule is CNC[C@H](O)[C@@H](O)[C@H](O)[C@H](O)CO.O=C([O-])CN(CCN(CC(=O)[O-])CC(=O)[O-])CCN(CC(=O)[O-])CC(=O)[O-].[Gd+3].[H+]. The van der Waals surface area contributed by atoms with Crippen LogP contribution < -0.4 is 30.8 Å². The zero-order valence-corrected chi connectivity index (χ0v) is 24.4. The van der Waals surface area contributed by atoms with Crippen molar-refractivity contribution in [1.82, 2.24) is 20.0 Å². The largest absolute Gasteiger partial charge is 3.00 e. The molecule has 1 radical (unpaired) electrons. The van der Waals surface area contributed by atoms with Crippen molar-refractivity contribution in [2.45, 2.75) is 24.4 Å². The number of carbonyl (C=O) groups is 5. The van der Waals surface area contributed by atoms with Crippen molar-refractivity contribution in [2.24, 2.45) is 0 Å². The number of aliphatic carboxylic acids is 5. The molecule has 0 aromatic carbocycles. The summed E-state index contributed by atoms with van der Waals surface area (Å²) in [4.78, 5) is 56.4. The van der Waals surface area contributed by atoms with Crippen molar-refractivity contribution in [3.63, 3.8) is 0 Å². The van der Waals surface area contributed by atoms with Crippen molar-refractivity contribution >= 4 is 29.8 Å². The molecular formula is C21H36GdN4O15-. The standard InChI is InChI=1S/C14H23N3O10.C7H17NO5.Gd/c18-10(19)5-15(1-3-16(6-11(20)21)7-12(22)23)2-4-17(8-13(24)25)9-14(26)27;1-8-2-4(10)6(12)7(13)5(11)3-9;/h1-9H2,(H,18,19)(H,20,21)(H,22,23)(H,24,25)(H,26,27);4-13H,2-3H2,1H3;/q;;+3/p-4/t;4-,5+,6+,7+;/m.0./s1. The zero-order valence-electron chi connectivity index (χ0n) is 23.1. The Morgan fingerprint density at radius 3 is 1.15 bits per heavy atom. The summed E-state index contributed by atoms with van der Waals surface area (Å²) < 4.78 is 0. The molecule has 0 rings (SSSR count). The number of carbonyl (C=O) groups excluding carboxylic acids is 5. The van der Waals surface area contributed by atoms with Gasteiger partial charge in [-0.3, -0.25) is 14.7 Å². The molecule has 20 heteroatoms. The van der Waals surface area contributed by atoms with Crippen LogP contribution in [-0.2, 0) is 24.0 Å². The third-order valence-corrected chi connectivity index (χ3v) is 4.97. The maximum Gasteiger partial charge on any atom is 3.00 e. The summed E-state index contributed by atoms with van der Waals surface area (Å²) in [7, 11) is 1.57. The molecule has 0 saturated carbocycles. The average Bonchev–Trinajstić information content (AvgIpc) is 2.82. The first-order valence-corrected chi connectivity index (χ1v) is 11.7. The van der Waals surface area contributed by atoms with E-state index in [1.54, 1.807) is 7.05 Å². The number of carboxylic acids is 5. The van der Waals surface area contributed by atoms with Gasteiger partial charge in [-0.05, 0) is 7.05 Å². The molecule has 6 N–H and O–H groups in total. The van der Waals surface area contributed by atoms with E-state index < -0.39 is 93.6 Å². The summed E-state index contributed by atoms with van der Waals surface area (Å²) in [5.41, 5.74) is 0. The fraction of sp³-hybridized carbons (Fsp3) is 0.762. The number of nitrogens with one attached hydrogen (secondary N) is 1. The van der Waals surface area contributed by atoms with Crippen LogP contribution in [0.1, 0.15) is 1.43 Å². The van der Waals surface area contributed by atoms with Crippen LogP contribution in [0.25, 0.3) is 0 Å². The van der Waals surface area contributed by atoms with Crippen LogP contribution in [0, 0.1) is 39.9 Å². The second-order valence-corrected chi connectivity index (χ2v) is 8.41. The minimum absolute atomic E-state index is 0. The van der Waals surface area contributed by atoms with Gasteiger partial charge in [0.25, 0.3) is 0 Å². The van der Waals surface area contributed by atoms with Crippen molar-refractivity contribution in [2.75, 3.05) is 79.1 Å². The fourth-order valence-electron chi connectivity index (χ4n) is 3.07. The van der Waals surface area contributed by atoms with Crippen molar-refractivity contribution in [1.29, 1.82) is 0 Å². The molecule has 4 atom stereocenters. The summed E-state index contributed by atoms with van der Waals surface area (Å²) in [5.74, 6) is -7.67. The average molecular weight is 742 g/mol. The predicted octanol–water partition coefficient (Wildman–Crippen LogP) is -12.6. The number of carboxylic acid groups (broad SMARTS) is 5. The van der Waals surface area contributed by atoms with Gasteiger partial charge in [-0.25, -0.2) is 0 Å². The maximum absolute atomic E-state index is 10.8. The number of hydrogen-bond donors (Lipinski definition) is 6. The predicted molar refractivity (Wildman–Crippen MR) is 121 cm³/mol. The van der Waals surface area contributed by atoms with Gasteiger partial charge in [0.05, 0.1) is 42.6 Å². The quantitative estimate of drug-likeness (QED) is 0.0600. The van der Waals surface area contributed by atoms with Crippen LogP contribution in [0.3, 0.4) is 0 Å².